The first-order valence-corrected chi connectivity index (χ1v) is 10.7. The van der Waals surface area contributed by atoms with Gasteiger partial charge in [-0.3, -0.25) is 9.69 Å². The molecule has 5 nitrogen and oxygen atoms in total. The number of aromatic amines is 1. The Balaban J connectivity index is 1.30. The molecular formula is C26H24N4O. The van der Waals surface area contributed by atoms with Gasteiger partial charge in [0.2, 0.25) is 0 Å². The highest BCUT2D eigenvalue weighted by molar-refractivity contribution is 6.07. The summed E-state index contributed by atoms with van der Waals surface area (Å²) in [5, 5.41) is 12.6. The van der Waals surface area contributed by atoms with Crippen LogP contribution in [0.25, 0.3) is 21.7 Å². The van der Waals surface area contributed by atoms with Gasteiger partial charge in [0.1, 0.15) is 6.07 Å². The van der Waals surface area contributed by atoms with Crippen molar-refractivity contribution in [3.05, 3.63) is 83.6 Å². The minimum absolute atomic E-state index is 0.0231. The maximum Gasteiger partial charge on any atom is 0.256 e. The molecule has 3 aromatic carbocycles. The predicted molar refractivity (Wildman–Crippen MR) is 123 cm³/mol. The molecule has 31 heavy (non-hydrogen) atoms. The molecule has 4 aromatic rings. The molecular weight excluding hydrogens is 384 g/mol. The Hall–Kier alpha value is -3.62. The molecule has 1 saturated heterocycles. The maximum atomic E-state index is 13.2. The minimum atomic E-state index is 0.0231. The summed E-state index contributed by atoms with van der Waals surface area (Å²) < 4.78 is 0. The lowest BCUT2D eigenvalue weighted by atomic mass is 10.0. The van der Waals surface area contributed by atoms with E-state index in [-0.39, 0.29) is 5.91 Å². The van der Waals surface area contributed by atoms with Crippen LogP contribution in [0.4, 0.5) is 0 Å². The highest BCUT2D eigenvalue weighted by Gasteiger charge is 2.26. The number of carbonyl (C=O) groups excluding carboxylic acids is 1. The number of nitrogens with zero attached hydrogens (tertiary/aromatic N) is 3. The van der Waals surface area contributed by atoms with Crippen LogP contribution < -0.4 is 0 Å². The number of benzene rings is 3. The van der Waals surface area contributed by atoms with Crippen LogP contribution in [0.3, 0.4) is 0 Å². The topological polar surface area (TPSA) is 63.1 Å². The van der Waals surface area contributed by atoms with E-state index in [2.05, 4.69) is 65.3 Å². The van der Waals surface area contributed by atoms with Crippen molar-refractivity contribution < 1.29 is 4.79 Å². The lowest BCUT2D eigenvalue weighted by Gasteiger charge is -2.38. The van der Waals surface area contributed by atoms with Crippen LogP contribution >= 0.6 is 0 Å². The van der Waals surface area contributed by atoms with E-state index in [1.165, 1.54) is 16.3 Å². The Labute approximate surface area is 181 Å². The van der Waals surface area contributed by atoms with Gasteiger partial charge in [0.05, 0.1) is 16.6 Å². The zero-order valence-corrected chi connectivity index (χ0v) is 17.5. The van der Waals surface area contributed by atoms with Crippen LogP contribution in [-0.4, -0.2) is 46.9 Å². The van der Waals surface area contributed by atoms with Gasteiger partial charge in [-0.15, -0.1) is 0 Å². The summed E-state index contributed by atoms with van der Waals surface area (Å²) in [4.78, 5) is 20.7. The second-order valence-corrected chi connectivity index (χ2v) is 8.15. The van der Waals surface area contributed by atoms with Crippen LogP contribution in [0.2, 0.25) is 0 Å². The number of para-hydroxylation sites is 1. The van der Waals surface area contributed by atoms with Gasteiger partial charge in [0.15, 0.2) is 0 Å². The summed E-state index contributed by atoms with van der Waals surface area (Å²) >= 11 is 0. The minimum Gasteiger partial charge on any atom is -0.359 e. The second kappa shape index (κ2) is 7.90. The van der Waals surface area contributed by atoms with Gasteiger partial charge in [0, 0.05) is 43.8 Å². The Kier molecular flexibility index (Phi) is 4.93. The van der Waals surface area contributed by atoms with E-state index >= 15 is 0 Å². The normalized spacial score (nSPS) is 15.8. The number of fused-ring (bicyclic) bond motifs is 2. The van der Waals surface area contributed by atoms with Crippen LogP contribution in [-0.2, 0) is 0 Å². The summed E-state index contributed by atoms with van der Waals surface area (Å²) in [5.41, 5.74) is 3.25. The van der Waals surface area contributed by atoms with E-state index in [4.69, 9.17) is 0 Å². The average Bonchev–Trinajstić information content (AvgIpc) is 3.26. The number of aromatic nitrogens is 1. The molecule has 0 bridgehead atoms. The van der Waals surface area contributed by atoms with E-state index in [9.17, 15) is 10.1 Å². The first-order valence-electron chi connectivity index (χ1n) is 10.7. The first-order chi connectivity index (χ1) is 15.2. The lowest BCUT2D eigenvalue weighted by molar-refractivity contribution is 0.0584. The number of H-pyrrole nitrogens is 1. The molecule has 2 heterocycles. The number of nitrogens with one attached hydrogen (secondary N) is 1. The highest BCUT2D eigenvalue weighted by Crippen LogP contribution is 2.27. The molecule has 1 aliphatic heterocycles. The van der Waals surface area contributed by atoms with E-state index in [1.54, 1.807) is 6.20 Å². The van der Waals surface area contributed by atoms with Crippen molar-refractivity contribution in [1.82, 2.24) is 14.8 Å². The Morgan fingerprint density at radius 2 is 1.77 bits per heavy atom. The number of amides is 1. The molecule has 1 aliphatic rings. The van der Waals surface area contributed by atoms with E-state index < -0.39 is 0 Å². The van der Waals surface area contributed by atoms with Crippen molar-refractivity contribution in [2.75, 3.05) is 26.2 Å². The molecule has 1 N–H and O–H groups in total. The molecule has 0 radical (unpaired) electrons. The van der Waals surface area contributed by atoms with Crippen molar-refractivity contribution in [3.63, 3.8) is 0 Å². The molecule has 5 heteroatoms. The van der Waals surface area contributed by atoms with Gasteiger partial charge in [-0.2, -0.15) is 5.26 Å². The molecule has 154 valence electrons. The number of piperazine rings is 1. The molecule has 5 rings (SSSR count). The molecule has 0 aliphatic carbocycles. The van der Waals surface area contributed by atoms with Gasteiger partial charge < -0.3 is 9.88 Å². The fourth-order valence-corrected chi connectivity index (χ4v) is 4.59. The van der Waals surface area contributed by atoms with Gasteiger partial charge in [-0.25, -0.2) is 0 Å². The van der Waals surface area contributed by atoms with E-state index in [1.807, 2.05) is 23.1 Å². The van der Waals surface area contributed by atoms with Crippen LogP contribution in [0, 0.1) is 11.3 Å². The fourth-order valence-electron chi connectivity index (χ4n) is 4.59. The molecule has 1 aromatic heterocycles. The van der Waals surface area contributed by atoms with Crippen molar-refractivity contribution in [2.45, 2.75) is 13.0 Å². The lowest BCUT2D eigenvalue weighted by Crippen LogP contribution is -2.49. The maximum absolute atomic E-state index is 13.2. The Morgan fingerprint density at radius 3 is 2.55 bits per heavy atom. The first kappa shape index (κ1) is 19.3. The largest absolute Gasteiger partial charge is 0.359 e. The number of hydrogen-bond acceptors (Lipinski definition) is 3. The monoisotopic (exact) mass is 408 g/mol. The number of nitriles is 1. The van der Waals surface area contributed by atoms with Crippen molar-refractivity contribution in [1.29, 1.82) is 5.26 Å². The summed E-state index contributed by atoms with van der Waals surface area (Å²) in [5.74, 6) is 0.0231. The second-order valence-electron chi connectivity index (χ2n) is 8.15. The summed E-state index contributed by atoms with van der Waals surface area (Å²) in [6.07, 6.45) is 1.67. The van der Waals surface area contributed by atoms with Crippen LogP contribution in [0.5, 0.6) is 0 Å². The number of rotatable bonds is 3. The Bertz CT molecular complexity index is 1310. The Morgan fingerprint density at radius 1 is 1.00 bits per heavy atom. The standard InChI is InChI=1S/C26H24N4O/c1-18(20-10-9-19-5-2-3-6-21(19)15-20)29-11-13-30(14-12-29)26(31)24-8-4-7-23-22(16-27)17-28-25(23)24/h2-10,15,17-18,28H,11-14H2,1H3. The summed E-state index contributed by atoms with van der Waals surface area (Å²) in [6, 6.07) is 23.1. The third kappa shape index (κ3) is 3.45. The predicted octanol–water partition coefficient (Wildman–Crippen LogP) is 4.71. The third-order valence-corrected chi connectivity index (χ3v) is 6.47. The van der Waals surface area contributed by atoms with Crippen molar-refractivity contribution in [3.8, 4) is 6.07 Å². The van der Waals surface area contributed by atoms with Crippen LogP contribution in [0.1, 0.15) is 34.5 Å². The quantitative estimate of drug-likeness (QED) is 0.534. The van der Waals surface area contributed by atoms with Gasteiger partial charge >= 0.3 is 0 Å². The molecule has 0 spiro atoms. The van der Waals surface area contributed by atoms with E-state index in [0.29, 0.717) is 30.3 Å². The average molecular weight is 409 g/mol. The zero-order chi connectivity index (χ0) is 21.4. The smallest absolute Gasteiger partial charge is 0.256 e. The molecule has 0 saturated carbocycles. The van der Waals surface area contributed by atoms with Crippen LogP contribution in [0.15, 0.2) is 66.9 Å². The van der Waals surface area contributed by atoms with Crippen molar-refractivity contribution in [2.24, 2.45) is 0 Å². The third-order valence-electron chi connectivity index (χ3n) is 6.47. The SMILES string of the molecule is CC(c1ccc2ccccc2c1)N1CCN(C(=O)c2cccc3c(C#N)c[nH]c23)CC1. The summed E-state index contributed by atoms with van der Waals surface area (Å²) in [6.45, 7) is 5.30. The van der Waals surface area contributed by atoms with E-state index in [0.717, 1.165) is 24.0 Å². The molecule has 1 atom stereocenters. The van der Waals surface area contributed by atoms with Crippen molar-refractivity contribution >= 4 is 27.6 Å². The van der Waals surface area contributed by atoms with Gasteiger partial charge in [-0.1, -0.05) is 48.5 Å². The number of carbonyl (C=O) groups is 1. The summed E-state index contributed by atoms with van der Waals surface area (Å²) in [7, 11) is 0. The van der Waals surface area contributed by atoms with Gasteiger partial charge in [-0.05, 0) is 35.4 Å². The zero-order valence-electron chi connectivity index (χ0n) is 17.5. The molecule has 1 unspecified atom stereocenters. The van der Waals surface area contributed by atoms with Gasteiger partial charge in [0.25, 0.3) is 5.91 Å². The highest BCUT2D eigenvalue weighted by atomic mass is 16.2. The molecule has 1 fully saturated rings. The number of hydrogen-bond donors (Lipinski definition) is 1. The fraction of sp³-hybridized carbons (Fsp3) is 0.231. The molecule has 1 amide bonds.